The molecule has 0 aliphatic heterocycles. The molecule has 50 N–H and O–H groups in total. The number of carbonyl (C=O) groups excluding carboxylic acids is 15. The number of guanidine groups is 9. The Bertz CT molecular complexity index is 4780. The van der Waals surface area contributed by atoms with Gasteiger partial charge in [-0.25, -0.2) is 0 Å². The number of ketones is 7. The summed E-state index contributed by atoms with van der Waals surface area (Å²) in [4.78, 5) is 222. The average Bonchev–Trinajstić information content (AvgIpc) is 1.66. The second kappa shape index (κ2) is 71.8. The second-order valence-corrected chi connectivity index (χ2v) is 37.6. The lowest BCUT2D eigenvalue weighted by Gasteiger charge is -2.27. The Hall–Kier alpha value is -14.6. The Morgan fingerprint density at radius 3 is 0.818 bits per heavy atom. The summed E-state index contributed by atoms with van der Waals surface area (Å²) in [5.41, 5.74) is 63.3. The summed E-state index contributed by atoms with van der Waals surface area (Å²) < 4.78 is 0. The highest BCUT2D eigenvalue weighted by molar-refractivity contribution is 7.80. The second-order valence-electron chi connectivity index (χ2n) is 37.3. The Morgan fingerprint density at radius 2 is 0.561 bits per heavy atom. The fourth-order valence-electron chi connectivity index (χ4n) is 16.5. The predicted molar refractivity (Wildman–Crippen MR) is 565 cm³/mol. The molecule has 828 valence electrons. The topological polar surface area (TPSA) is 1010 Å². The van der Waals surface area contributed by atoms with Crippen molar-refractivity contribution in [2.24, 2.45) is 110 Å². The van der Waals surface area contributed by atoms with Gasteiger partial charge in [0.25, 0.3) is 0 Å². The highest BCUT2D eigenvalue weighted by Crippen LogP contribution is 2.28. The number of rotatable bonds is 82. The summed E-state index contributed by atoms with van der Waals surface area (Å²) in [6.07, 6.45) is -2.76. The highest BCUT2D eigenvalue weighted by Gasteiger charge is 2.40. The van der Waals surface area contributed by atoms with Crippen LogP contribution in [-0.4, -0.2) is 271 Å². The molecular weight excluding hydrogens is 1940 g/mol. The van der Waals surface area contributed by atoms with Crippen molar-refractivity contribution in [3.8, 4) is 0 Å². The summed E-state index contributed by atoms with van der Waals surface area (Å²) in [5, 5.41) is 133. The van der Waals surface area contributed by atoms with Gasteiger partial charge in [0.05, 0.1) is 66.6 Å². The van der Waals surface area contributed by atoms with E-state index in [4.69, 9.17) is 117 Å². The number of H-pyrrole nitrogens is 1. The minimum absolute atomic E-state index is 0.0000118. The number of aliphatic hydroxyl groups excluding tert-OH is 1. The van der Waals surface area contributed by atoms with E-state index in [1.54, 1.807) is 18.3 Å². The SMILES string of the molecule is CC(=O)N[C@@H](CC(C)C)C(=O)C[C@@H](Cc1c[nH]c2ccccc12)C(=O)N[C@@H](CCCNC(=N)N)C(=O)C[C@@H](CO)C(=O)N[C@H](CCCNC(=N)N)C(=O)C[C@H](CCCNC(=N)N)C(=O)N[C@H](CCCNC(=N)N)C(=O)C[C@H](CCCNC(=N)N)C(=O)N[C@H](CCCNC(=N)N)C(=O)C[C@H](CCCNC(=N)N)C(=O)N[C@H](CCCNC(=N)N)C(=O)C[C@H](CCCNC(=N)N)C(=O)N[C@H](CCCCC(=N)N)C(=O)C[C@H](CS)C(N)=O. The van der Waals surface area contributed by atoms with E-state index < -0.39 is 277 Å². The molecule has 1 aromatic carbocycles. The number of para-hydroxylation sites is 1. The van der Waals surface area contributed by atoms with Crippen molar-refractivity contribution in [1.29, 1.82) is 54.1 Å². The maximum atomic E-state index is 15.4. The van der Waals surface area contributed by atoms with E-state index in [1.165, 1.54) is 6.92 Å². The van der Waals surface area contributed by atoms with Gasteiger partial charge >= 0.3 is 0 Å². The summed E-state index contributed by atoms with van der Waals surface area (Å²) in [6.45, 7) is 3.79. The standard InChI is InChI=1S/C93H164N38O16S/c1-51(2)39-69(125-52(3)133)76(140)45-57(40-58-48-124-62-22-5-4-21-61(58)62)83(146)130-68(28-16-38-123-93(113)114)74(138)46-59(49-132)84(147)131-67(27-15-37-122-92(111)112)73(137)44-56(20-11-33-118-88(103)104)82(145)129-66(26-14-36-121-91(109)110)72(136)43-55(19-10-32-117-87(101)102)81(144)128-65(25-13-35-120-90(107)108)71(135)42-54(18-9-31-116-86(99)100)80(143)127-64(24-12-34-119-89(105)106)70(134)41-53(17-8-30-115-85(97)98)79(142)126-63(23-6-7-29-77(94)95)75(139)47-60(50-148)78(96)141/h4-5,21-22,48,51,53-57,59-60,63-69,124,132,148H,6-20,23-47,49-50H2,1-3H3,(H3,94,95)(H2,96,141)(H,125,133)(H,126,142)(H,127,143)(H,128,144)(H,129,145)(H,130,146)(H,131,147)(H4,97,98,115)(H4,99,100,116)(H4,101,102,117)(H4,103,104,118)(H4,105,106,119)(H4,107,108,120)(H4,109,110,121)(H4,111,112,122)(H4,113,114,123)/t53-,54-,55-,56-,57+,59-,60+,63+,64+,65+,66+,67+,68-,69-/m0/s1. The van der Waals surface area contributed by atoms with Crippen LogP contribution in [0.1, 0.15) is 219 Å². The van der Waals surface area contributed by atoms with Gasteiger partial charge in [-0.2, -0.15) is 12.6 Å². The fourth-order valence-corrected chi connectivity index (χ4v) is 16.8. The number of amides is 8. The molecule has 8 amide bonds. The van der Waals surface area contributed by atoms with Crippen LogP contribution in [0.5, 0.6) is 0 Å². The molecule has 0 radical (unpaired) electrons. The summed E-state index contributed by atoms with van der Waals surface area (Å²) in [7, 11) is 0. The van der Waals surface area contributed by atoms with Crippen LogP contribution in [0.25, 0.3) is 10.9 Å². The van der Waals surface area contributed by atoms with Gasteiger partial charge in [0, 0.05) is 170 Å². The molecule has 0 aliphatic rings. The van der Waals surface area contributed by atoms with Gasteiger partial charge in [-0.05, 0) is 159 Å². The number of aromatic nitrogens is 1. The van der Waals surface area contributed by atoms with Crippen LogP contribution >= 0.6 is 12.6 Å². The molecule has 0 unspecified atom stereocenters. The molecule has 0 aliphatic carbocycles. The van der Waals surface area contributed by atoms with Gasteiger partial charge in [-0.1, -0.05) is 38.5 Å². The molecule has 0 bridgehead atoms. The molecule has 54 nitrogen and oxygen atoms in total. The maximum Gasteiger partial charge on any atom is 0.226 e. The van der Waals surface area contributed by atoms with E-state index >= 15 is 33.6 Å². The minimum atomic E-state index is -1.63. The Kier molecular flexibility index (Phi) is 62.9. The van der Waals surface area contributed by atoms with E-state index in [1.807, 2.05) is 26.0 Å². The smallest absolute Gasteiger partial charge is 0.226 e. The summed E-state index contributed by atoms with van der Waals surface area (Å²) in [5.74, 6) is -25.0. The first-order valence-electron chi connectivity index (χ1n) is 49.8. The van der Waals surface area contributed by atoms with Crippen LogP contribution in [0.15, 0.2) is 30.5 Å². The van der Waals surface area contributed by atoms with Crippen molar-refractivity contribution >= 4 is 171 Å². The number of carbonyl (C=O) groups is 15. The maximum absolute atomic E-state index is 15.4. The van der Waals surface area contributed by atoms with Gasteiger partial charge in [0.15, 0.2) is 94.1 Å². The largest absolute Gasteiger partial charge is 0.396 e. The number of primary amides is 1. The molecule has 55 heteroatoms. The zero-order valence-corrected chi connectivity index (χ0v) is 86.0. The molecule has 1 aromatic heterocycles. The van der Waals surface area contributed by atoms with Gasteiger partial charge in [0.1, 0.15) is 0 Å². The molecule has 0 saturated heterocycles. The molecule has 1 heterocycles. The van der Waals surface area contributed by atoms with Gasteiger partial charge in [0.2, 0.25) is 47.3 Å². The number of benzene rings is 1. The normalized spacial score (nSPS) is 13.9. The van der Waals surface area contributed by atoms with Crippen molar-refractivity contribution in [2.75, 3.05) is 71.3 Å². The number of aliphatic hydroxyl groups is 1. The average molecular weight is 2100 g/mol. The Morgan fingerprint density at radius 1 is 0.318 bits per heavy atom. The molecule has 0 spiro atoms. The van der Waals surface area contributed by atoms with E-state index in [2.05, 4.69) is 103 Å². The monoisotopic (exact) mass is 2100 g/mol. The molecule has 0 saturated carbocycles. The van der Waals surface area contributed by atoms with Gasteiger partial charge in [-0.3, -0.25) is 126 Å². The lowest BCUT2D eigenvalue weighted by molar-refractivity contribution is -0.137. The van der Waals surface area contributed by atoms with Crippen LogP contribution in [0.2, 0.25) is 0 Å². The van der Waals surface area contributed by atoms with Crippen molar-refractivity contribution < 1.29 is 77.0 Å². The number of amidine groups is 1. The number of hydrogen-bond donors (Lipinski definition) is 40. The number of hydrogen-bond acceptors (Lipinski definition) is 27. The number of fused-ring (bicyclic) bond motifs is 1. The first-order chi connectivity index (χ1) is 69.9. The number of nitrogens with two attached hydrogens (primary N) is 11. The molecular formula is C93H164N38O16S. The zero-order chi connectivity index (χ0) is 111. The van der Waals surface area contributed by atoms with Crippen LogP contribution in [0.3, 0.4) is 0 Å². The predicted octanol–water partition coefficient (Wildman–Crippen LogP) is -4.53. The minimum Gasteiger partial charge on any atom is -0.396 e. The lowest BCUT2D eigenvalue weighted by atomic mass is 9.88. The Labute approximate surface area is 867 Å². The number of aromatic amines is 1. The van der Waals surface area contributed by atoms with Crippen LogP contribution in [0, 0.1) is 101 Å². The van der Waals surface area contributed by atoms with Crippen LogP contribution in [-0.2, 0) is 78.3 Å². The summed E-state index contributed by atoms with van der Waals surface area (Å²) >= 11 is 4.19. The van der Waals surface area contributed by atoms with Crippen LogP contribution in [0.4, 0.5) is 0 Å². The first-order valence-corrected chi connectivity index (χ1v) is 50.5. The number of Topliss-reactive ketones (excluding diaryl/α,β-unsaturated/α-hetero) is 7. The van der Waals surface area contributed by atoms with E-state index in [0.29, 0.717) is 12.0 Å². The molecule has 0 fully saturated rings. The zero-order valence-electron chi connectivity index (χ0n) is 85.1. The fraction of sp³-hybridized carbons (Fsp3) is 0.645. The van der Waals surface area contributed by atoms with E-state index in [-0.39, 0.29) is 224 Å². The number of nitrogens with one attached hydrogen (secondary N) is 27. The van der Waals surface area contributed by atoms with Crippen molar-refractivity contribution in [1.82, 2.24) is 90.1 Å². The number of unbranched alkanes of at least 4 members (excludes halogenated alkanes) is 1. The van der Waals surface area contributed by atoms with E-state index in [9.17, 15) is 43.5 Å². The van der Waals surface area contributed by atoms with Crippen molar-refractivity contribution in [3.63, 3.8) is 0 Å². The Balaban J connectivity index is 2.91. The number of thiol groups is 1. The first kappa shape index (κ1) is 129. The van der Waals surface area contributed by atoms with E-state index in [0.717, 1.165) is 10.9 Å². The molecule has 148 heavy (non-hydrogen) atoms. The quantitative estimate of drug-likeness (QED) is 0.0128. The van der Waals surface area contributed by atoms with Gasteiger partial charge in [-0.15, -0.1) is 0 Å². The van der Waals surface area contributed by atoms with Crippen LogP contribution < -0.4 is 148 Å². The molecule has 2 aromatic rings. The molecule has 14 atom stereocenters. The lowest BCUT2D eigenvalue weighted by Crippen LogP contribution is -2.50. The third-order valence-electron chi connectivity index (χ3n) is 24.3. The third kappa shape index (κ3) is 56.2. The van der Waals surface area contributed by atoms with Gasteiger partial charge < -0.3 is 158 Å². The highest BCUT2D eigenvalue weighted by atomic mass is 32.1. The third-order valence-corrected chi connectivity index (χ3v) is 24.8. The summed E-state index contributed by atoms with van der Waals surface area (Å²) in [6, 6.07) is -2.45. The van der Waals surface area contributed by atoms with Crippen molar-refractivity contribution in [2.45, 2.75) is 262 Å². The van der Waals surface area contributed by atoms with Crippen molar-refractivity contribution in [3.05, 3.63) is 36.0 Å². The molecule has 2 rings (SSSR count).